The second-order valence-electron chi connectivity index (χ2n) is 14.4. The lowest BCUT2D eigenvalue weighted by atomic mass is 9.98. The fraction of sp³-hybridized carbons (Fsp3) is 0.444. The summed E-state index contributed by atoms with van der Waals surface area (Å²) in [6.45, 7) is 13.6. The summed E-state index contributed by atoms with van der Waals surface area (Å²) in [7, 11) is -2.55. The zero-order chi connectivity index (χ0) is 39.3. The molecule has 0 aliphatic heterocycles. The summed E-state index contributed by atoms with van der Waals surface area (Å²) in [5.74, 6) is 0.0375. The van der Waals surface area contributed by atoms with Crippen LogP contribution in [-0.4, -0.2) is 113 Å². The predicted molar refractivity (Wildman–Crippen MR) is 222 cm³/mol. The van der Waals surface area contributed by atoms with E-state index < -0.39 is 14.4 Å². The Hall–Kier alpha value is -3.91. The number of benzene rings is 4. The summed E-state index contributed by atoms with van der Waals surface area (Å²) in [5.41, 5.74) is 4.78. The highest BCUT2D eigenvalue weighted by Crippen LogP contribution is 2.44. The van der Waals surface area contributed by atoms with Crippen LogP contribution in [0.2, 0.25) is 5.04 Å². The smallest absolute Gasteiger partial charge is 0.407 e. The third-order valence-electron chi connectivity index (χ3n) is 9.68. The zero-order valence-electron chi connectivity index (χ0n) is 33.3. The van der Waals surface area contributed by atoms with Gasteiger partial charge in [-0.15, -0.1) is 0 Å². The van der Waals surface area contributed by atoms with E-state index in [2.05, 4.69) is 111 Å². The molecule has 11 heteroatoms. The van der Waals surface area contributed by atoms with E-state index in [-0.39, 0.29) is 17.6 Å². The summed E-state index contributed by atoms with van der Waals surface area (Å²) >= 11 is 0. The third-order valence-corrected chi connectivity index (χ3v) is 14.7. The van der Waals surface area contributed by atoms with E-state index >= 15 is 0 Å². The standard InChI is InChI=1S/C45H59NO9Si/c1-45(2,3)56(37-14-6-4-7-15-37,38-16-8-5-9-17-38)55-35-34-53-33-32-52-31-30-51-29-28-50-27-26-49-25-24-48-23-22-46-44(47)54-36-43-41-20-12-10-18-39(41)40-19-11-13-21-42(40)43/h4-21,43H,22-36H2,1-3H3,(H,46,47). The van der Waals surface area contributed by atoms with Crippen molar-refractivity contribution < 1.29 is 42.4 Å². The summed E-state index contributed by atoms with van der Waals surface area (Å²) in [4.78, 5) is 12.3. The molecule has 4 aromatic carbocycles. The van der Waals surface area contributed by atoms with Crippen molar-refractivity contribution in [2.45, 2.75) is 31.7 Å². The lowest BCUT2D eigenvalue weighted by Crippen LogP contribution is -2.66. The van der Waals surface area contributed by atoms with Crippen LogP contribution in [0.15, 0.2) is 109 Å². The maximum atomic E-state index is 12.3. The summed E-state index contributed by atoms with van der Waals surface area (Å²) in [6.07, 6.45) is -0.449. The summed E-state index contributed by atoms with van der Waals surface area (Å²) < 4.78 is 46.2. The number of nitrogens with one attached hydrogen (secondary N) is 1. The van der Waals surface area contributed by atoms with Crippen LogP contribution in [0.1, 0.15) is 37.8 Å². The van der Waals surface area contributed by atoms with Crippen LogP contribution in [0.25, 0.3) is 11.1 Å². The second-order valence-corrected chi connectivity index (χ2v) is 18.7. The minimum atomic E-state index is -2.55. The Balaban J connectivity index is 0.791. The highest BCUT2D eigenvalue weighted by atomic mass is 28.4. The van der Waals surface area contributed by atoms with E-state index in [1.807, 2.05) is 24.3 Å². The van der Waals surface area contributed by atoms with E-state index in [0.29, 0.717) is 92.4 Å². The number of carbonyl (C=O) groups is 1. The highest BCUT2D eigenvalue weighted by Gasteiger charge is 2.50. The largest absolute Gasteiger partial charge is 0.449 e. The van der Waals surface area contributed by atoms with Crippen molar-refractivity contribution in [1.29, 1.82) is 0 Å². The second kappa shape index (κ2) is 23.3. The number of fused-ring (bicyclic) bond motifs is 3. The first-order valence-corrected chi connectivity index (χ1v) is 21.6. The van der Waals surface area contributed by atoms with Gasteiger partial charge in [-0.2, -0.15) is 0 Å². The van der Waals surface area contributed by atoms with E-state index in [9.17, 15) is 4.79 Å². The molecule has 0 heterocycles. The molecule has 4 aromatic rings. The molecule has 0 saturated heterocycles. The number of ether oxygens (including phenoxy) is 7. The topological polar surface area (TPSA) is 103 Å². The van der Waals surface area contributed by atoms with Gasteiger partial charge in [-0.25, -0.2) is 4.79 Å². The van der Waals surface area contributed by atoms with Crippen molar-refractivity contribution in [3.63, 3.8) is 0 Å². The monoisotopic (exact) mass is 785 g/mol. The molecule has 56 heavy (non-hydrogen) atoms. The fourth-order valence-electron chi connectivity index (χ4n) is 7.09. The maximum absolute atomic E-state index is 12.3. The van der Waals surface area contributed by atoms with Gasteiger partial charge in [-0.3, -0.25) is 0 Å². The number of carbonyl (C=O) groups excluding carboxylic acids is 1. The average molecular weight is 786 g/mol. The Morgan fingerprint density at radius 1 is 0.518 bits per heavy atom. The normalized spacial score (nSPS) is 12.7. The van der Waals surface area contributed by atoms with Crippen molar-refractivity contribution >= 4 is 24.8 Å². The zero-order valence-corrected chi connectivity index (χ0v) is 34.3. The van der Waals surface area contributed by atoms with Crippen molar-refractivity contribution in [3.05, 3.63) is 120 Å². The van der Waals surface area contributed by atoms with Crippen molar-refractivity contribution in [3.8, 4) is 11.1 Å². The molecule has 1 N–H and O–H groups in total. The Bertz CT molecular complexity index is 1620. The first-order valence-electron chi connectivity index (χ1n) is 19.7. The first-order chi connectivity index (χ1) is 27.4. The molecule has 0 saturated carbocycles. The third kappa shape index (κ3) is 12.5. The molecule has 1 amide bonds. The predicted octanol–water partition coefficient (Wildman–Crippen LogP) is 6.20. The molecule has 0 bridgehead atoms. The van der Waals surface area contributed by atoms with Gasteiger partial charge >= 0.3 is 6.09 Å². The number of hydrogen-bond acceptors (Lipinski definition) is 9. The van der Waals surface area contributed by atoms with Crippen LogP contribution in [0.3, 0.4) is 0 Å². The molecule has 5 rings (SSSR count). The maximum Gasteiger partial charge on any atom is 0.407 e. The Morgan fingerprint density at radius 2 is 0.893 bits per heavy atom. The van der Waals surface area contributed by atoms with Gasteiger partial charge in [0, 0.05) is 12.5 Å². The van der Waals surface area contributed by atoms with Crippen LogP contribution >= 0.6 is 0 Å². The minimum Gasteiger partial charge on any atom is -0.449 e. The lowest BCUT2D eigenvalue weighted by molar-refractivity contribution is -0.0177. The van der Waals surface area contributed by atoms with Crippen LogP contribution in [-0.2, 0) is 37.6 Å². The molecule has 0 unspecified atom stereocenters. The quantitative estimate of drug-likeness (QED) is 0.0589. The van der Waals surface area contributed by atoms with Gasteiger partial charge in [-0.05, 0) is 37.7 Å². The first kappa shape index (κ1) is 43.2. The Kier molecular flexibility index (Phi) is 18.0. The van der Waals surface area contributed by atoms with E-state index in [4.69, 9.17) is 37.6 Å². The average Bonchev–Trinajstić information content (AvgIpc) is 3.54. The van der Waals surface area contributed by atoms with Gasteiger partial charge in [0.2, 0.25) is 0 Å². The molecule has 1 aliphatic rings. The lowest BCUT2D eigenvalue weighted by Gasteiger charge is -2.43. The molecule has 1 aliphatic carbocycles. The molecule has 10 nitrogen and oxygen atoms in total. The molecule has 0 fully saturated rings. The number of rotatable bonds is 26. The molecular weight excluding hydrogens is 727 g/mol. The number of hydrogen-bond donors (Lipinski definition) is 1. The van der Waals surface area contributed by atoms with E-state index in [0.717, 1.165) is 0 Å². The van der Waals surface area contributed by atoms with E-state index in [1.54, 1.807) is 0 Å². The fourth-order valence-corrected chi connectivity index (χ4v) is 11.6. The molecule has 0 aromatic heterocycles. The van der Waals surface area contributed by atoms with Crippen LogP contribution < -0.4 is 15.7 Å². The molecule has 0 atom stereocenters. The van der Waals surface area contributed by atoms with Gasteiger partial charge in [0.1, 0.15) is 6.61 Å². The van der Waals surface area contributed by atoms with Crippen molar-refractivity contribution in [2.75, 3.05) is 99.0 Å². The molecule has 0 spiro atoms. The number of alkyl carbamates (subject to hydrolysis) is 1. The Morgan fingerprint density at radius 3 is 1.32 bits per heavy atom. The van der Waals surface area contributed by atoms with Crippen LogP contribution in [0, 0.1) is 0 Å². The molecule has 302 valence electrons. The summed E-state index contributed by atoms with van der Waals surface area (Å²) in [6, 6.07) is 37.8. The van der Waals surface area contributed by atoms with Crippen LogP contribution in [0.4, 0.5) is 4.79 Å². The summed E-state index contributed by atoms with van der Waals surface area (Å²) in [5, 5.41) is 5.22. The molecular formula is C45H59NO9Si. The molecule has 0 radical (unpaired) electrons. The minimum absolute atomic E-state index is 0.0375. The van der Waals surface area contributed by atoms with Crippen LogP contribution in [0.5, 0.6) is 0 Å². The van der Waals surface area contributed by atoms with Gasteiger partial charge in [0.15, 0.2) is 0 Å². The van der Waals surface area contributed by atoms with Crippen molar-refractivity contribution in [1.82, 2.24) is 5.32 Å². The SMILES string of the molecule is CC(C)(C)[Si](OCCOCCOCCOCCOCCOCCOCCNC(=O)OCC1c2ccccc2-c2ccccc21)(c1ccccc1)c1ccccc1. The van der Waals surface area contributed by atoms with Gasteiger partial charge in [0.25, 0.3) is 8.32 Å². The Labute approximate surface area is 333 Å². The van der Waals surface area contributed by atoms with Gasteiger partial charge < -0.3 is 42.9 Å². The van der Waals surface area contributed by atoms with Crippen molar-refractivity contribution in [2.24, 2.45) is 0 Å². The van der Waals surface area contributed by atoms with E-state index in [1.165, 1.54) is 32.6 Å². The van der Waals surface area contributed by atoms with Gasteiger partial charge in [-0.1, -0.05) is 130 Å². The number of amides is 1. The van der Waals surface area contributed by atoms with Gasteiger partial charge in [0.05, 0.1) is 85.9 Å². The highest BCUT2D eigenvalue weighted by molar-refractivity contribution is 6.99.